The van der Waals surface area contributed by atoms with E-state index in [4.69, 9.17) is 4.74 Å². The first-order chi connectivity index (χ1) is 13.6. The molecule has 1 amide bonds. The fourth-order valence-electron chi connectivity index (χ4n) is 2.78. The first kappa shape index (κ1) is 20.6. The van der Waals surface area contributed by atoms with Crippen LogP contribution in [0.25, 0.3) is 11.0 Å². The summed E-state index contributed by atoms with van der Waals surface area (Å²) in [5.74, 6) is -2.39. The zero-order valence-corrected chi connectivity index (χ0v) is 16.0. The van der Waals surface area contributed by atoms with Crippen LogP contribution in [0.3, 0.4) is 0 Å². The van der Waals surface area contributed by atoms with E-state index in [-0.39, 0.29) is 16.7 Å². The number of fused-ring (bicyclic) bond motifs is 1. The number of rotatable bonds is 6. The summed E-state index contributed by atoms with van der Waals surface area (Å²) in [6, 6.07) is 1.37. The van der Waals surface area contributed by atoms with Crippen LogP contribution in [0.1, 0.15) is 32.8 Å². The molecule has 0 radical (unpaired) electrons. The number of pyridine rings is 1. The number of carboxylic acid groups (broad SMARTS) is 1. The average Bonchev–Trinajstić information content (AvgIpc) is 3.26. The number of alkyl halides is 3. The number of nitrogens with zero attached hydrogens (tertiary/aromatic N) is 3. The Morgan fingerprint density at radius 2 is 2.10 bits per heavy atom. The molecular weight excluding hydrogens is 413 g/mol. The quantitative estimate of drug-likeness (QED) is 0.623. The second-order valence-electron chi connectivity index (χ2n) is 5.97. The summed E-state index contributed by atoms with van der Waals surface area (Å²) in [4.78, 5) is 32.5. The smallest absolute Gasteiger partial charge is 0.422 e. The van der Waals surface area contributed by atoms with Crippen molar-refractivity contribution in [3.8, 4) is 5.75 Å². The molecule has 3 aromatic rings. The van der Waals surface area contributed by atoms with Gasteiger partial charge in [0, 0.05) is 7.05 Å². The Labute approximate surface area is 166 Å². The minimum absolute atomic E-state index is 0.0472. The SMILES string of the molecule is CCc1nc2c(cc1NC(=O)c1cncs1)c(OCC(F)(F)F)c(C(=O)O)n2C. The third kappa shape index (κ3) is 4.16. The van der Waals surface area contributed by atoms with E-state index in [1.54, 1.807) is 6.92 Å². The Kier molecular flexibility index (Phi) is 5.46. The van der Waals surface area contributed by atoms with Gasteiger partial charge in [-0.15, -0.1) is 11.3 Å². The summed E-state index contributed by atoms with van der Waals surface area (Å²) in [6.45, 7) is 0.114. The van der Waals surface area contributed by atoms with E-state index in [0.29, 0.717) is 17.0 Å². The first-order valence-electron chi connectivity index (χ1n) is 8.27. The van der Waals surface area contributed by atoms with Crippen LogP contribution in [0.4, 0.5) is 18.9 Å². The van der Waals surface area contributed by atoms with Crippen molar-refractivity contribution in [3.05, 3.63) is 34.0 Å². The summed E-state index contributed by atoms with van der Waals surface area (Å²) >= 11 is 1.12. The summed E-state index contributed by atoms with van der Waals surface area (Å²) in [5, 5.41) is 12.2. The van der Waals surface area contributed by atoms with Gasteiger partial charge in [-0.25, -0.2) is 9.78 Å². The molecule has 8 nitrogen and oxygen atoms in total. The van der Waals surface area contributed by atoms with Crippen molar-refractivity contribution in [2.24, 2.45) is 7.05 Å². The van der Waals surface area contributed by atoms with E-state index >= 15 is 0 Å². The van der Waals surface area contributed by atoms with Crippen LogP contribution in [0.2, 0.25) is 0 Å². The number of amides is 1. The van der Waals surface area contributed by atoms with Crippen LogP contribution in [0.5, 0.6) is 5.75 Å². The fraction of sp³-hybridized carbons (Fsp3) is 0.294. The molecule has 2 N–H and O–H groups in total. The Morgan fingerprint density at radius 1 is 1.38 bits per heavy atom. The molecule has 0 fully saturated rings. The number of hydrogen-bond acceptors (Lipinski definition) is 6. The highest BCUT2D eigenvalue weighted by Gasteiger charge is 2.32. The molecule has 0 unspecified atom stereocenters. The van der Waals surface area contributed by atoms with Gasteiger partial charge >= 0.3 is 12.1 Å². The molecule has 0 aliphatic rings. The molecule has 29 heavy (non-hydrogen) atoms. The number of aryl methyl sites for hydroxylation is 2. The number of carbonyl (C=O) groups is 2. The second kappa shape index (κ2) is 7.70. The molecule has 0 aliphatic heterocycles. The third-order valence-corrected chi connectivity index (χ3v) is 4.79. The van der Waals surface area contributed by atoms with Gasteiger partial charge in [0.2, 0.25) is 0 Å². The summed E-state index contributed by atoms with van der Waals surface area (Å²) in [7, 11) is 1.37. The number of aromatic carboxylic acids is 1. The molecule has 0 aromatic carbocycles. The lowest BCUT2D eigenvalue weighted by molar-refractivity contribution is -0.153. The van der Waals surface area contributed by atoms with Gasteiger partial charge in [0.05, 0.1) is 28.5 Å². The van der Waals surface area contributed by atoms with Crippen molar-refractivity contribution in [1.82, 2.24) is 14.5 Å². The molecule has 0 aliphatic carbocycles. The number of nitrogens with one attached hydrogen (secondary N) is 1. The number of carboxylic acids is 1. The molecule has 0 saturated heterocycles. The largest absolute Gasteiger partial charge is 0.481 e. The van der Waals surface area contributed by atoms with Crippen LogP contribution >= 0.6 is 11.3 Å². The zero-order valence-electron chi connectivity index (χ0n) is 15.2. The van der Waals surface area contributed by atoms with Gasteiger partial charge in [0.25, 0.3) is 5.91 Å². The van der Waals surface area contributed by atoms with Crippen LogP contribution in [0, 0.1) is 0 Å². The summed E-state index contributed by atoms with van der Waals surface area (Å²) in [5.41, 5.74) is 1.83. The van der Waals surface area contributed by atoms with E-state index in [1.165, 1.54) is 24.8 Å². The van der Waals surface area contributed by atoms with Gasteiger partial charge in [-0.05, 0) is 12.5 Å². The number of hydrogen-bond donors (Lipinski definition) is 2. The molecule has 154 valence electrons. The molecule has 0 atom stereocenters. The normalized spacial score (nSPS) is 11.6. The van der Waals surface area contributed by atoms with Gasteiger partial charge < -0.3 is 19.7 Å². The van der Waals surface area contributed by atoms with E-state index in [1.807, 2.05) is 0 Å². The highest BCUT2D eigenvalue weighted by Crippen LogP contribution is 2.36. The molecule has 0 spiro atoms. The maximum atomic E-state index is 12.7. The minimum Gasteiger partial charge on any atom is -0.481 e. The van der Waals surface area contributed by atoms with Crippen molar-refractivity contribution >= 4 is 39.9 Å². The molecule has 0 bridgehead atoms. The number of halogens is 3. The summed E-state index contributed by atoms with van der Waals surface area (Å²) in [6.07, 6.45) is -2.89. The predicted octanol–water partition coefficient (Wildman–Crippen LogP) is 3.48. The molecular formula is C17H15F3N4O4S. The second-order valence-corrected chi connectivity index (χ2v) is 6.86. The lowest BCUT2D eigenvalue weighted by atomic mass is 10.2. The van der Waals surface area contributed by atoms with Crippen LogP contribution in [-0.4, -0.2) is 44.3 Å². The number of anilines is 1. The Balaban J connectivity index is 2.13. The highest BCUT2D eigenvalue weighted by molar-refractivity contribution is 7.11. The van der Waals surface area contributed by atoms with Crippen molar-refractivity contribution in [1.29, 1.82) is 0 Å². The Hall–Kier alpha value is -3.15. The standard InChI is InChI=1S/C17H15F3N4O4S/c1-3-9-10(23-15(25)11-5-21-7-29-11)4-8-13(28-6-17(18,19)20)12(16(26)27)24(2)14(8)22-9/h4-5,7H,3,6H2,1-2H3,(H,23,25)(H,26,27). The molecule has 3 rings (SSSR count). The van der Waals surface area contributed by atoms with Crippen molar-refractivity contribution in [3.63, 3.8) is 0 Å². The average molecular weight is 428 g/mol. The Morgan fingerprint density at radius 3 is 2.66 bits per heavy atom. The maximum absolute atomic E-state index is 12.7. The lowest BCUT2D eigenvalue weighted by Crippen LogP contribution is -2.20. The molecule has 3 heterocycles. The number of thiazole rings is 1. The third-order valence-electron chi connectivity index (χ3n) is 4.02. The molecule has 0 saturated carbocycles. The van der Waals surface area contributed by atoms with Gasteiger partial charge in [-0.2, -0.15) is 13.2 Å². The van der Waals surface area contributed by atoms with E-state index in [0.717, 1.165) is 15.9 Å². The predicted molar refractivity (Wildman–Crippen MR) is 98.7 cm³/mol. The summed E-state index contributed by atoms with van der Waals surface area (Å²) < 4.78 is 43.9. The van der Waals surface area contributed by atoms with Crippen LogP contribution in [0.15, 0.2) is 17.8 Å². The maximum Gasteiger partial charge on any atom is 0.422 e. The first-order valence-corrected chi connectivity index (χ1v) is 9.15. The number of carbonyl (C=O) groups excluding carboxylic acids is 1. The van der Waals surface area contributed by atoms with Gasteiger partial charge in [-0.3, -0.25) is 9.78 Å². The van der Waals surface area contributed by atoms with Crippen molar-refractivity contribution in [2.75, 3.05) is 11.9 Å². The van der Waals surface area contributed by atoms with E-state index in [9.17, 15) is 27.9 Å². The van der Waals surface area contributed by atoms with Crippen LogP contribution in [-0.2, 0) is 13.5 Å². The topological polar surface area (TPSA) is 106 Å². The van der Waals surface area contributed by atoms with Crippen molar-refractivity contribution < 1.29 is 32.6 Å². The number of ether oxygens (including phenoxy) is 1. The Bertz CT molecular complexity index is 1080. The van der Waals surface area contributed by atoms with Gasteiger partial charge in [-0.1, -0.05) is 6.92 Å². The fourth-order valence-corrected chi connectivity index (χ4v) is 3.29. The highest BCUT2D eigenvalue weighted by atomic mass is 32.1. The lowest BCUT2D eigenvalue weighted by Gasteiger charge is -2.11. The van der Waals surface area contributed by atoms with Gasteiger partial charge in [0.1, 0.15) is 10.5 Å². The monoisotopic (exact) mass is 428 g/mol. The minimum atomic E-state index is -4.65. The zero-order chi connectivity index (χ0) is 21.3. The molecule has 12 heteroatoms. The van der Waals surface area contributed by atoms with Gasteiger partial charge in [0.15, 0.2) is 18.1 Å². The van der Waals surface area contributed by atoms with E-state index in [2.05, 4.69) is 15.3 Å². The van der Waals surface area contributed by atoms with Crippen LogP contribution < -0.4 is 10.1 Å². The van der Waals surface area contributed by atoms with E-state index < -0.39 is 36.1 Å². The number of aromatic nitrogens is 3. The molecule has 3 aromatic heterocycles. The van der Waals surface area contributed by atoms with Crippen molar-refractivity contribution in [2.45, 2.75) is 19.5 Å².